The van der Waals surface area contributed by atoms with Crippen LogP contribution in [0, 0.1) is 5.82 Å². The molecule has 1 aromatic carbocycles. The molecule has 0 amide bonds. The standard InChI is InChI=1S/C10H10FNO/c11-8-4-5-9-7(6-8)2-1-3-10(9)12-13/h4-6,13H,1-3H2. The van der Waals surface area contributed by atoms with E-state index < -0.39 is 0 Å². The van der Waals surface area contributed by atoms with Crippen molar-refractivity contribution in [2.24, 2.45) is 5.16 Å². The fourth-order valence-electron chi connectivity index (χ4n) is 1.74. The molecule has 2 nitrogen and oxygen atoms in total. The lowest BCUT2D eigenvalue weighted by molar-refractivity contribution is 0.317. The van der Waals surface area contributed by atoms with Gasteiger partial charge in [0.05, 0.1) is 5.71 Å². The van der Waals surface area contributed by atoms with E-state index in [4.69, 9.17) is 5.21 Å². The molecular weight excluding hydrogens is 169 g/mol. The smallest absolute Gasteiger partial charge is 0.123 e. The van der Waals surface area contributed by atoms with E-state index in [1.807, 2.05) is 0 Å². The van der Waals surface area contributed by atoms with Gasteiger partial charge in [0.15, 0.2) is 0 Å². The number of benzene rings is 1. The Bertz CT molecular complexity index is 360. The van der Waals surface area contributed by atoms with Crippen LogP contribution < -0.4 is 0 Å². The minimum atomic E-state index is -0.224. The van der Waals surface area contributed by atoms with E-state index in [0.717, 1.165) is 30.4 Å². The van der Waals surface area contributed by atoms with Gasteiger partial charge in [-0.1, -0.05) is 5.16 Å². The van der Waals surface area contributed by atoms with Crippen molar-refractivity contribution in [2.45, 2.75) is 19.3 Å². The molecule has 0 heterocycles. The van der Waals surface area contributed by atoms with Crippen LogP contribution in [0.3, 0.4) is 0 Å². The van der Waals surface area contributed by atoms with E-state index in [-0.39, 0.29) is 5.82 Å². The summed E-state index contributed by atoms with van der Waals surface area (Å²) in [6, 6.07) is 4.59. The van der Waals surface area contributed by atoms with E-state index in [2.05, 4.69) is 5.16 Å². The summed E-state index contributed by atoms with van der Waals surface area (Å²) in [5, 5.41) is 11.9. The number of aryl methyl sites for hydroxylation is 1. The molecule has 68 valence electrons. The first-order valence-corrected chi connectivity index (χ1v) is 4.31. The maximum Gasteiger partial charge on any atom is 0.123 e. The summed E-state index contributed by atoms with van der Waals surface area (Å²) in [4.78, 5) is 0. The number of halogens is 1. The third-order valence-corrected chi connectivity index (χ3v) is 2.36. The summed E-state index contributed by atoms with van der Waals surface area (Å²) in [5.74, 6) is -0.224. The van der Waals surface area contributed by atoms with Crippen molar-refractivity contribution in [3.05, 3.63) is 35.1 Å². The number of fused-ring (bicyclic) bond motifs is 1. The zero-order valence-corrected chi connectivity index (χ0v) is 7.13. The molecule has 0 aromatic heterocycles. The Morgan fingerprint density at radius 1 is 1.31 bits per heavy atom. The molecule has 1 aromatic rings. The molecule has 2 rings (SSSR count). The molecule has 1 aliphatic rings. The predicted molar refractivity (Wildman–Crippen MR) is 47.7 cm³/mol. The first-order valence-electron chi connectivity index (χ1n) is 4.31. The predicted octanol–water partition coefficient (Wildman–Crippen LogP) is 2.34. The van der Waals surface area contributed by atoms with Crippen LogP contribution in [0.15, 0.2) is 23.4 Å². The lowest BCUT2D eigenvalue weighted by Gasteiger charge is -2.16. The summed E-state index contributed by atoms with van der Waals surface area (Å²) in [7, 11) is 0. The molecule has 0 unspecified atom stereocenters. The van der Waals surface area contributed by atoms with Gasteiger partial charge < -0.3 is 5.21 Å². The van der Waals surface area contributed by atoms with E-state index in [1.54, 1.807) is 6.07 Å². The van der Waals surface area contributed by atoms with E-state index in [0.29, 0.717) is 5.71 Å². The van der Waals surface area contributed by atoms with Crippen LogP contribution in [0.25, 0.3) is 0 Å². The number of nitrogens with zero attached hydrogens (tertiary/aromatic N) is 1. The second-order valence-electron chi connectivity index (χ2n) is 3.20. The Morgan fingerprint density at radius 2 is 2.15 bits per heavy atom. The molecule has 0 bridgehead atoms. The minimum absolute atomic E-state index is 0.224. The highest BCUT2D eigenvalue weighted by Crippen LogP contribution is 2.22. The second kappa shape index (κ2) is 3.17. The van der Waals surface area contributed by atoms with Crippen molar-refractivity contribution in [3.8, 4) is 0 Å². The molecule has 1 N–H and O–H groups in total. The zero-order valence-electron chi connectivity index (χ0n) is 7.13. The molecule has 0 saturated heterocycles. The van der Waals surface area contributed by atoms with E-state index >= 15 is 0 Å². The van der Waals surface area contributed by atoms with Crippen LogP contribution in [-0.4, -0.2) is 10.9 Å². The summed E-state index contributed by atoms with van der Waals surface area (Å²) in [6.45, 7) is 0. The van der Waals surface area contributed by atoms with Gasteiger partial charge in [-0.25, -0.2) is 4.39 Å². The molecule has 13 heavy (non-hydrogen) atoms. The van der Waals surface area contributed by atoms with Gasteiger partial charge in [0.1, 0.15) is 5.82 Å². The van der Waals surface area contributed by atoms with Gasteiger partial charge in [0.2, 0.25) is 0 Å². The normalized spacial score (nSPS) is 18.7. The average Bonchev–Trinajstić information content (AvgIpc) is 2.16. The largest absolute Gasteiger partial charge is 0.411 e. The minimum Gasteiger partial charge on any atom is -0.411 e. The topological polar surface area (TPSA) is 32.6 Å². The van der Waals surface area contributed by atoms with Gasteiger partial charge in [-0.2, -0.15) is 0 Å². The highest BCUT2D eigenvalue weighted by atomic mass is 19.1. The molecular formula is C10H10FNO. The quantitative estimate of drug-likeness (QED) is 0.481. The number of oxime groups is 1. The Hall–Kier alpha value is -1.38. The first-order chi connectivity index (χ1) is 6.31. The molecule has 0 radical (unpaired) electrons. The Labute approximate surface area is 75.7 Å². The van der Waals surface area contributed by atoms with Crippen molar-refractivity contribution in [1.82, 2.24) is 0 Å². The van der Waals surface area contributed by atoms with Crippen molar-refractivity contribution in [3.63, 3.8) is 0 Å². The molecule has 0 fully saturated rings. The van der Waals surface area contributed by atoms with Crippen molar-refractivity contribution in [2.75, 3.05) is 0 Å². The number of rotatable bonds is 0. The number of hydrogen-bond donors (Lipinski definition) is 1. The van der Waals surface area contributed by atoms with Crippen LogP contribution in [-0.2, 0) is 6.42 Å². The zero-order chi connectivity index (χ0) is 9.26. The highest BCUT2D eigenvalue weighted by molar-refractivity contribution is 6.02. The average molecular weight is 179 g/mol. The third kappa shape index (κ3) is 1.41. The van der Waals surface area contributed by atoms with Crippen LogP contribution in [0.4, 0.5) is 4.39 Å². The SMILES string of the molecule is ON=C1CCCc2cc(F)ccc21. The molecule has 3 heteroatoms. The maximum atomic E-state index is 12.8. The number of hydrogen-bond acceptors (Lipinski definition) is 2. The summed E-state index contributed by atoms with van der Waals surface area (Å²) >= 11 is 0. The van der Waals surface area contributed by atoms with Gasteiger partial charge in [-0.3, -0.25) is 0 Å². The van der Waals surface area contributed by atoms with Gasteiger partial charge in [-0.15, -0.1) is 0 Å². The molecule has 0 atom stereocenters. The van der Waals surface area contributed by atoms with Crippen molar-refractivity contribution >= 4 is 5.71 Å². The highest BCUT2D eigenvalue weighted by Gasteiger charge is 2.15. The molecule has 0 aliphatic heterocycles. The maximum absolute atomic E-state index is 12.8. The van der Waals surface area contributed by atoms with Gasteiger partial charge in [0, 0.05) is 5.56 Å². The summed E-state index contributed by atoms with van der Waals surface area (Å²) in [5.41, 5.74) is 2.50. The van der Waals surface area contributed by atoms with Crippen LogP contribution in [0.2, 0.25) is 0 Å². The Balaban J connectivity index is 2.52. The third-order valence-electron chi connectivity index (χ3n) is 2.36. The van der Waals surface area contributed by atoms with Gasteiger partial charge in [-0.05, 0) is 43.0 Å². The van der Waals surface area contributed by atoms with E-state index in [1.165, 1.54) is 12.1 Å². The van der Waals surface area contributed by atoms with Gasteiger partial charge in [0.25, 0.3) is 0 Å². The van der Waals surface area contributed by atoms with Crippen molar-refractivity contribution < 1.29 is 9.60 Å². The van der Waals surface area contributed by atoms with Crippen LogP contribution in [0.5, 0.6) is 0 Å². The molecule has 0 saturated carbocycles. The molecule has 0 spiro atoms. The van der Waals surface area contributed by atoms with Crippen LogP contribution >= 0.6 is 0 Å². The fraction of sp³-hybridized carbons (Fsp3) is 0.300. The van der Waals surface area contributed by atoms with Gasteiger partial charge >= 0.3 is 0 Å². The molecule has 1 aliphatic carbocycles. The summed E-state index contributed by atoms with van der Waals surface area (Å²) < 4.78 is 12.8. The monoisotopic (exact) mass is 179 g/mol. The Kier molecular flexibility index (Phi) is 2.00. The lowest BCUT2D eigenvalue weighted by atomic mass is 9.90. The lowest BCUT2D eigenvalue weighted by Crippen LogP contribution is -2.11. The summed E-state index contributed by atoms with van der Waals surface area (Å²) in [6.07, 6.45) is 2.57. The Morgan fingerprint density at radius 3 is 2.92 bits per heavy atom. The second-order valence-corrected chi connectivity index (χ2v) is 3.20. The van der Waals surface area contributed by atoms with Crippen molar-refractivity contribution in [1.29, 1.82) is 0 Å². The fourth-order valence-corrected chi connectivity index (χ4v) is 1.74. The first kappa shape index (κ1) is 8.23. The van der Waals surface area contributed by atoms with E-state index in [9.17, 15) is 4.39 Å². The van der Waals surface area contributed by atoms with Crippen LogP contribution in [0.1, 0.15) is 24.0 Å².